The van der Waals surface area contributed by atoms with Gasteiger partial charge in [-0.15, -0.1) is 11.3 Å². The van der Waals surface area contributed by atoms with Crippen LogP contribution in [0.15, 0.2) is 62.2 Å². The number of para-hydroxylation sites is 1. The van der Waals surface area contributed by atoms with Gasteiger partial charge in [-0.2, -0.15) is 0 Å². The highest BCUT2D eigenvalue weighted by Crippen LogP contribution is 2.27. The molecule has 14 heteroatoms. The molecule has 0 spiro atoms. The van der Waals surface area contributed by atoms with Gasteiger partial charge in [0.1, 0.15) is 6.61 Å². The number of morpholine rings is 1. The van der Waals surface area contributed by atoms with Crippen molar-refractivity contribution in [3.8, 4) is 0 Å². The van der Waals surface area contributed by atoms with E-state index in [2.05, 4.69) is 10.6 Å². The van der Waals surface area contributed by atoms with E-state index in [1.165, 1.54) is 13.0 Å². The van der Waals surface area contributed by atoms with Gasteiger partial charge < -0.3 is 33.8 Å². The lowest BCUT2D eigenvalue weighted by Gasteiger charge is -2.28. The normalized spacial score (nSPS) is 13.1. The van der Waals surface area contributed by atoms with Gasteiger partial charge in [-0.05, 0) is 61.4 Å². The standard InChI is InChI=1S/C30H26ClN3O9S/c1-16-12-18(6-7-21(16)34-10-11-40-15-25(34)35)27(36)33-26-19(13-32-28(37)23-8-9-24(31)44-23)4-3-5-20(26)29(38)41-14-22-17(2)42-30(39)43-22/h3-9,12H,10-11,13-15H2,1-2H3,(H,32,37)(H,33,36). The number of ether oxygens (including phenoxy) is 2. The van der Waals surface area contributed by atoms with Crippen LogP contribution in [-0.2, 0) is 27.4 Å². The molecule has 1 saturated heterocycles. The molecular weight excluding hydrogens is 614 g/mol. The molecule has 3 amide bonds. The van der Waals surface area contributed by atoms with E-state index in [-0.39, 0.29) is 59.9 Å². The predicted octanol–water partition coefficient (Wildman–Crippen LogP) is 4.47. The Hall–Kier alpha value is -4.72. The quantitative estimate of drug-likeness (QED) is 0.252. The summed E-state index contributed by atoms with van der Waals surface area (Å²) in [6, 6.07) is 12.8. The number of nitrogens with zero attached hydrogens (tertiary/aromatic N) is 1. The Morgan fingerprint density at radius 3 is 2.55 bits per heavy atom. The SMILES string of the molecule is Cc1cc(C(=O)Nc2c(CNC(=O)c3ccc(Cl)s3)cccc2C(=O)OCc2oc(=O)oc2C)ccc1N1CCOCC1=O. The highest BCUT2D eigenvalue weighted by atomic mass is 35.5. The van der Waals surface area contributed by atoms with E-state index in [0.29, 0.717) is 39.2 Å². The fourth-order valence-corrected chi connectivity index (χ4v) is 5.50. The zero-order valence-corrected chi connectivity index (χ0v) is 25.1. The van der Waals surface area contributed by atoms with Crippen LogP contribution >= 0.6 is 22.9 Å². The Labute approximate surface area is 259 Å². The van der Waals surface area contributed by atoms with Crippen molar-refractivity contribution in [1.82, 2.24) is 5.32 Å². The molecule has 2 aromatic carbocycles. The summed E-state index contributed by atoms with van der Waals surface area (Å²) >= 11 is 7.07. The van der Waals surface area contributed by atoms with Crippen LogP contribution in [-0.4, -0.2) is 43.4 Å². The molecule has 1 aliphatic heterocycles. The van der Waals surface area contributed by atoms with Gasteiger partial charge in [-0.3, -0.25) is 14.4 Å². The second-order valence-electron chi connectivity index (χ2n) is 9.69. The van der Waals surface area contributed by atoms with Crippen LogP contribution in [0.4, 0.5) is 11.4 Å². The Balaban J connectivity index is 1.41. The van der Waals surface area contributed by atoms with E-state index >= 15 is 0 Å². The lowest BCUT2D eigenvalue weighted by Crippen LogP contribution is -2.42. The lowest BCUT2D eigenvalue weighted by molar-refractivity contribution is -0.125. The van der Waals surface area contributed by atoms with Gasteiger partial charge in [0.15, 0.2) is 18.1 Å². The third kappa shape index (κ3) is 6.91. The molecule has 5 rings (SSSR count). The number of carbonyl (C=O) groups is 4. The first-order valence-corrected chi connectivity index (χ1v) is 14.5. The second kappa shape index (κ2) is 13.3. The number of aryl methyl sites for hydroxylation is 2. The first kappa shape index (κ1) is 30.7. The van der Waals surface area contributed by atoms with E-state index in [9.17, 15) is 24.0 Å². The number of hydrogen-bond acceptors (Lipinski definition) is 10. The third-order valence-corrected chi connectivity index (χ3v) is 7.98. The van der Waals surface area contributed by atoms with Crippen molar-refractivity contribution >= 4 is 58.0 Å². The molecule has 2 N–H and O–H groups in total. The van der Waals surface area contributed by atoms with Crippen LogP contribution in [0.25, 0.3) is 0 Å². The molecule has 12 nitrogen and oxygen atoms in total. The molecule has 1 aliphatic rings. The van der Waals surface area contributed by atoms with Crippen LogP contribution in [0.1, 0.15) is 53.0 Å². The van der Waals surface area contributed by atoms with E-state index in [1.54, 1.807) is 54.3 Å². The van der Waals surface area contributed by atoms with Crippen LogP contribution in [0.5, 0.6) is 0 Å². The number of carbonyl (C=O) groups excluding carboxylic acids is 4. The maximum Gasteiger partial charge on any atom is 0.519 e. The van der Waals surface area contributed by atoms with Crippen LogP contribution in [0, 0.1) is 13.8 Å². The van der Waals surface area contributed by atoms with Crippen LogP contribution < -0.4 is 21.4 Å². The van der Waals surface area contributed by atoms with Crippen molar-refractivity contribution in [2.75, 3.05) is 30.0 Å². The fraction of sp³-hybridized carbons (Fsp3) is 0.233. The molecule has 1 fully saturated rings. The number of amides is 3. The number of thiophene rings is 1. The lowest BCUT2D eigenvalue weighted by atomic mass is 10.0. The first-order valence-electron chi connectivity index (χ1n) is 13.3. The van der Waals surface area contributed by atoms with Gasteiger partial charge in [0.2, 0.25) is 0 Å². The summed E-state index contributed by atoms with van der Waals surface area (Å²) in [5.41, 5.74) is 2.16. The molecule has 0 aliphatic carbocycles. The minimum atomic E-state index is -0.925. The molecule has 0 bridgehead atoms. The summed E-state index contributed by atoms with van der Waals surface area (Å²) in [4.78, 5) is 65.1. The van der Waals surface area contributed by atoms with Crippen LogP contribution in [0.2, 0.25) is 4.34 Å². The summed E-state index contributed by atoms with van der Waals surface area (Å²) in [5, 5.41) is 5.56. The van der Waals surface area contributed by atoms with Gasteiger partial charge in [-0.1, -0.05) is 23.7 Å². The number of anilines is 2. The van der Waals surface area contributed by atoms with Crippen LogP contribution in [0.3, 0.4) is 0 Å². The monoisotopic (exact) mass is 639 g/mol. The molecule has 0 atom stereocenters. The Morgan fingerprint density at radius 1 is 1.05 bits per heavy atom. The zero-order chi connectivity index (χ0) is 31.4. The number of benzene rings is 2. The van der Waals surface area contributed by atoms with Gasteiger partial charge in [-0.25, -0.2) is 9.59 Å². The molecule has 0 unspecified atom stereocenters. The van der Waals surface area contributed by atoms with Crippen molar-refractivity contribution in [1.29, 1.82) is 0 Å². The number of nitrogens with one attached hydrogen (secondary N) is 2. The van der Waals surface area contributed by atoms with E-state index in [0.717, 1.165) is 11.3 Å². The molecule has 0 saturated carbocycles. The van der Waals surface area contributed by atoms with Crippen molar-refractivity contribution in [2.24, 2.45) is 0 Å². The van der Waals surface area contributed by atoms with Gasteiger partial charge in [0.25, 0.3) is 17.7 Å². The average molecular weight is 640 g/mol. The van der Waals surface area contributed by atoms with E-state index < -0.39 is 17.7 Å². The second-order valence-corrected chi connectivity index (χ2v) is 11.4. The summed E-state index contributed by atoms with van der Waals surface area (Å²) < 4.78 is 20.7. The van der Waals surface area contributed by atoms with Gasteiger partial charge >= 0.3 is 11.8 Å². The zero-order valence-electron chi connectivity index (χ0n) is 23.6. The summed E-state index contributed by atoms with van der Waals surface area (Å²) in [5.74, 6) is -2.64. The summed E-state index contributed by atoms with van der Waals surface area (Å²) in [6.45, 7) is 3.64. The largest absolute Gasteiger partial charge is 0.519 e. The third-order valence-electron chi connectivity index (χ3n) is 6.75. The van der Waals surface area contributed by atoms with Crippen molar-refractivity contribution in [3.63, 3.8) is 0 Å². The average Bonchev–Trinajstić information content (AvgIpc) is 3.58. The van der Waals surface area contributed by atoms with Crippen molar-refractivity contribution in [2.45, 2.75) is 27.0 Å². The van der Waals surface area contributed by atoms with E-state index in [4.69, 9.17) is 29.9 Å². The Kier molecular flexibility index (Phi) is 9.28. The number of esters is 1. The van der Waals surface area contributed by atoms with E-state index in [1.807, 2.05) is 0 Å². The number of halogens is 1. The van der Waals surface area contributed by atoms with Crippen molar-refractivity contribution < 1.29 is 37.5 Å². The van der Waals surface area contributed by atoms with Gasteiger partial charge in [0.05, 0.1) is 27.1 Å². The Bertz CT molecular complexity index is 1810. The summed E-state index contributed by atoms with van der Waals surface area (Å²) in [6.07, 6.45) is 0. The predicted molar refractivity (Wildman–Crippen MR) is 160 cm³/mol. The maximum absolute atomic E-state index is 13.5. The molecule has 44 heavy (non-hydrogen) atoms. The maximum atomic E-state index is 13.5. The minimum Gasteiger partial charge on any atom is -0.454 e. The number of hydrogen-bond donors (Lipinski definition) is 2. The number of rotatable bonds is 9. The van der Waals surface area contributed by atoms with Crippen molar-refractivity contribution in [3.05, 3.63) is 102 Å². The smallest absolute Gasteiger partial charge is 0.454 e. The topological polar surface area (TPSA) is 157 Å². The molecule has 4 aromatic rings. The molecule has 0 radical (unpaired) electrons. The molecule has 2 aromatic heterocycles. The fourth-order valence-electron chi connectivity index (χ4n) is 4.54. The van der Waals surface area contributed by atoms with Gasteiger partial charge in [0, 0.05) is 24.3 Å². The molecule has 228 valence electrons. The minimum absolute atomic E-state index is 0.0000162. The Morgan fingerprint density at radius 2 is 1.86 bits per heavy atom. The highest BCUT2D eigenvalue weighted by molar-refractivity contribution is 7.18. The molecular formula is C30H26ClN3O9S. The molecule has 3 heterocycles. The summed E-state index contributed by atoms with van der Waals surface area (Å²) in [7, 11) is 0. The highest BCUT2D eigenvalue weighted by Gasteiger charge is 2.24. The first-order chi connectivity index (χ1) is 21.1.